The lowest BCUT2D eigenvalue weighted by atomic mass is 10.1. The number of nitrogens with zero attached hydrogens (tertiary/aromatic N) is 3. The molecule has 0 fully saturated rings. The van der Waals surface area contributed by atoms with Crippen molar-refractivity contribution in [2.75, 3.05) is 7.11 Å². The first-order valence-corrected chi connectivity index (χ1v) is 11.8. The lowest BCUT2D eigenvalue weighted by molar-refractivity contribution is -0.155. The molecule has 2 N–H and O–H groups in total. The van der Waals surface area contributed by atoms with Crippen molar-refractivity contribution in [2.45, 2.75) is 51.7 Å². The molecule has 3 heterocycles. The van der Waals surface area contributed by atoms with Gasteiger partial charge in [0.15, 0.2) is 5.65 Å². The van der Waals surface area contributed by atoms with Gasteiger partial charge in [0, 0.05) is 29.5 Å². The van der Waals surface area contributed by atoms with E-state index < -0.39 is 5.60 Å². The van der Waals surface area contributed by atoms with Gasteiger partial charge in [-0.2, -0.15) is 0 Å². The zero-order chi connectivity index (χ0) is 26.0. The number of aryl methyl sites for hydroxylation is 1. The highest BCUT2D eigenvalue weighted by molar-refractivity contribution is 6.01. The molecule has 0 saturated heterocycles. The number of esters is 1. The van der Waals surface area contributed by atoms with Gasteiger partial charge < -0.3 is 20.2 Å². The maximum atomic E-state index is 12.4. The van der Waals surface area contributed by atoms with E-state index in [2.05, 4.69) is 20.3 Å². The maximum absolute atomic E-state index is 12.4. The number of pyridine rings is 3. The van der Waals surface area contributed by atoms with Gasteiger partial charge >= 0.3 is 5.97 Å². The van der Waals surface area contributed by atoms with Crippen molar-refractivity contribution in [2.24, 2.45) is 0 Å². The van der Waals surface area contributed by atoms with E-state index in [4.69, 9.17) is 14.9 Å². The van der Waals surface area contributed by atoms with Gasteiger partial charge in [-0.05, 0) is 81.8 Å². The molecule has 0 aliphatic heterocycles. The van der Waals surface area contributed by atoms with Crippen LogP contribution in [0.15, 0.2) is 73.2 Å². The Hall–Kier alpha value is -4.07. The minimum Gasteiger partial charge on any atom is -0.481 e. The van der Waals surface area contributed by atoms with Crippen LogP contribution >= 0.6 is 0 Å². The molecule has 36 heavy (non-hydrogen) atoms. The molecule has 8 heteroatoms. The normalized spacial score (nSPS) is 12.7. The summed E-state index contributed by atoms with van der Waals surface area (Å²) < 4.78 is 10.6. The third-order valence-corrected chi connectivity index (χ3v) is 5.11. The van der Waals surface area contributed by atoms with Gasteiger partial charge in [0.25, 0.3) is 0 Å². The van der Waals surface area contributed by atoms with E-state index in [0.717, 1.165) is 35.1 Å². The van der Waals surface area contributed by atoms with Crippen LogP contribution in [0.3, 0.4) is 0 Å². The molecule has 3 aromatic rings. The van der Waals surface area contributed by atoms with E-state index in [1.807, 2.05) is 57.2 Å². The molecule has 0 spiro atoms. The number of carbonyl (C=O) groups is 1. The molecule has 0 aromatic carbocycles. The van der Waals surface area contributed by atoms with Crippen molar-refractivity contribution in [3.63, 3.8) is 0 Å². The number of rotatable bonds is 11. The first kappa shape index (κ1) is 26.5. The molecule has 8 nitrogen and oxygen atoms in total. The van der Waals surface area contributed by atoms with Crippen LogP contribution in [0, 0.1) is 5.41 Å². The molecule has 1 atom stereocenters. The monoisotopic (exact) mass is 487 g/mol. The predicted molar refractivity (Wildman–Crippen MR) is 141 cm³/mol. The first-order chi connectivity index (χ1) is 17.2. The Kier molecular flexibility index (Phi) is 9.27. The largest absolute Gasteiger partial charge is 0.481 e. The quantitative estimate of drug-likeness (QED) is 0.285. The SMILES string of the molecule is COc1ccc(C(CC(=O)OC(C)(C)C)N/C=C\C(=N)/C=C/CCc2ccc3cccnc3n2)cn1. The average Bonchev–Trinajstić information content (AvgIpc) is 2.85. The summed E-state index contributed by atoms with van der Waals surface area (Å²) >= 11 is 0. The zero-order valence-corrected chi connectivity index (χ0v) is 21.2. The number of hydrogen-bond donors (Lipinski definition) is 2. The minimum atomic E-state index is -0.568. The molecule has 0 aliphatic rings. The highest BCUT2D eigenvalue weighted by atomic mass is 16.6. The summed E-state index contributed by atoms with van der Waals surface area (Å²) in [6, 6.07) is 11.1. The molecule has 188 valence electrons. The fraction of sp³-hybridized carbons (Fsp3) is 0.321. The van der Waals surface area contributed by atoms with E-state index in [1.54, 1.807) is 43.9 Å². The van der Waals surface area contributed by atoms with Crippen LogP contribution in [0.1, 0.15) is 50.9 Å². The smallest absolute Gasteiger partial charge is 0.308 e. The number of carbonyl (C=O) groups excluding carboxylic acids is 1. The van der Waals surface area contributed by atoms with E-state index >= 15 is 0 Å². The highest BCUT2D eigenvalue weighted by Crippen LogP contribution is 2.20. The zero-order valence-electron chi connectivity index (χ0n) is 21.2. The van der Waals surface area contributed by atoms with Crippen molar-refractivity contribution < 1.29 is 14.3 Å². The number of ether oxygens (including phenoxy) is 2. The van der Waals surface area contributed by atoms with Crippen LogP contribution < -0.4 is 10.1 Å². The van der Waals surface area contributed by atoms with Crippen LogP contribution in [-0.2, 0) is 16.0 Å². The summed E-state index contributed by atoms with van der Waals surface area (Å²) in [5, 5.41) is 12.4. The van der Waals surface area contributed by atoms with Crippen LogP contribution in [0.5, 0.6) is 5.88 Å². The van der Waals surface area contributed by atoms with E-state index in [-0.39, 0.29) is 18.4 Å². The summed E-state index contributed by atoms with van der Waals surface area (Å²) in [7, 11) is 1.55. The van der Waals surface area contributed by atoms with Crippen molar-refractivity contribution in [3.05, 3.63) is 84.5 Å². The molecule has 0 saturated carbocycles. The van der Waals surface area contributed by atoms with Crippen LogP contribution in [0.4, 0.5) is 0 Å². The topological polar surface area (TPSA) is 110 Å². The first-order valence-electron chi connectivity index (χ1n) is 11.8. The molecule has 0 radical (unpaired) electrons. The van der Waals surface area contributed by atoms with Gasteiger partial charge in [0.2, 0.25) is 5.88 Å². The molecule has 0 aliphatic carbocycles. The van der Waals surface area contributed by atoms with Gasteiger partial charge in [-0.25, -0.2) is 15.0 Å². The second-order valence-corrected chi connectivity index (χ2v) is 9.23. The van der Waals surface area contributed by atoms with Crippen molar-refractivity contribution in [1.82, 2.24) is 20.3 Å². The van der Waals surface area contributed by atoms with Crippen LogP contribution in [-0.4, -0.2) is 39.3 Å². The molecular weight excluding hydrogens is 454 g/mol. The molecule has 3 aromatic heterocycles. The van der Waals surface area contributed by atoms with Crippen molar-refractivity contribution >= 4 is 22.7 Å². The van der Waals surface area contributed by atoms with Gasteiger partial charge in [0.05, 0.1) is 25.3 Å². The molecule has 0 bridgehead atoms. The Morgan fingerprint density at radius 1 is 1.14 bits per heavy atom. The predicted octanol–water partition coefficient (Wildman–Crippen LogP) is 5.12. The fourth-order valence-corrected chi connectivity index (χ4v) is 3.42. The summed E-state index contributed by atoms with van der Waals surface area (Å²) in [5.74, 6) is 0.170. The van der Waals surface area contributed by atoms with E-state index in [0.29, 0.717) is 11.6 Å². The Labute approximate surface area is 212 Å². The summed E-state index contributed by atoms with van der Waals surface area (Å²) in [6.07, 6.45) is 12.1. The average molecular weight is 488 g/mol. The van der Waals surface area contributed by atoms with Gasteiger partial charge in [-0.15, -0.1) is 0 Å². The minimum absolute atomic E-state index is 0.117. The number of aromatic nitrogens is 3. The Balaban J connectivity index is 1.55. The van der Waals surface area contributed by atoms with Crippen molar-refractivity contribution in [1.29, 1.82) is 5.41 Å². The number of nitrogens with one attached hydrogen (secondary N) is 2. The van der Waals surface area contributed by atoms with E-state index in [9.17, 15) is 4.79 Å². The highest BCUT2D eigenvalue weighted by Gasteiger charge is 2.21. The maximum Gasteiger partial charge on any atom is 0.308 e. The van der Waals surface area contributed by atoms with E-state index in [1.165, 1.54) is 0 Å². The molecule has 3 rings (SSSR count). The second kappa shape index (κ2) is 12.6. The molecule has 1 unspecified atom stereocenters. The van der Waals surface area contributed by atoms with Crippen LogP contribution in [0.25, 0.3) is 11.0 Å². The Morgan fingerprint density at radius 3 is 2.69 bits per heavy atom. The summed E-state index contributed by atoms with van der Waals surface area (Å²) in [6.45, 7) is 5.51. The van der Waals surface area contributed by atoms with Gasteiger partial charge in [-0.1, -0.05) is 12.1 Å². The van der Waals surface area contributed by atoms with Crippen molar-refractivity contribution in [3.8, 4) is 5.88 Å². The number of hydrogen-bond acceptors (Lipinski definition) is 8. The third-order valence-electron chi connectivity index (χ3n) is 5.11. The fourth-order valence-electron chi connectivity index (χ4n) is 3.42. The Bertz CT molecular complexity index is 1230. The number of fused-ring (bicyclic) bond motifs is 1. The molecular formula is C28H33N5O3. The third kappa shape index (κ3) is 8.61. The number of methoxy groups -OCH3 is 1. The standard InChI is InChI=1S/C28H33N5O3/c1-28(2,3)36-26(34)18-24(21-12-14-25(35-4)32-19-21)30-17-15-22(29)9-5-6-10-23-13-11-20-8-7-16-31-27(20)33-23/h5,7-9,11-17,19,24,29-30H,6,10,18H2,1-4H3/b9-5+,17-15-,29-22?. The lowest BCUT2D eigenvalue weighted by Crippen LogP contribution is -2.27. The second-order valence-electron chi connectivity index (χ2n) is 9.23. The van der Waals surface area contributed by atoms with Crippen LogP contribution in [0.2, 0.25) is 0 Å². The van der Waals surface area contributed by atoms with Gasteiger partial charge in [0.1, 0.15) is 5.60 Å². The molecule has 0 amide bonds. The Morgan fingerprint density at radius 2 is 1.97 bits per heavy atom. The summed E-state index contributed by atoms with van der Waals surface area (Å²) in [5.41, 5.74) is 2.29. The number of allylic oxidation sites excluding steroid dienone is 3. The lowest BCUT2D eigenvalue weighted by Gasteiger charge is -2.22. The van der Waals surface area contributed by atoms with Gasteiger partial charge in [-0.3, -0.25) is 4.79 Å². The summed E-state index contributed by atoms with van der Waals surface area (Å²) in [4.78, 5) is 25.5.